The summed E-state index contributed by atoms with van der Waals surface area (Å²) in [6, 6.07) is 6.27. The molecular formula is C20H30N8O. The number of hydrogen-bond donors (Lipinski definition) is 4. The number of aliphatic imine (C=N–C) groups is 1. The second-order valence-corrected chi connectivity index (χ2v) is 7.31. The Morgan fingerprint density at radius 3 is 2.83 bits per heavy atom. The minimum absolute atomic E-state index is 0.138. The van der Waals surface area contributed by atoms with Crippen LogP contribution in [0.5, 0.6) is 0 Å². The van der Waals surface area contributed by atoms with E-state index < -0.39 is 0 Å². The van der Waals surface area contributed by atoms with E-state index >= 15 is 0 Å². The third kappa shape index (κ3) is 4.75. The summed E-state index contributed by atoms with van der Waals surface area (Å²) in [5.74, 6) is 0.293. The van der Waals surface area contributed by atoms with Crippen LogP contribution in [0.15, 0.2) is 33.2 Å². The van der Waals surface area contributed by atoms with Crippen LogP contribution in [-0.2, 0) is 0 Å². The van der Waals surface area contributed by atoms with Crippen LogP contribution >= 0.6 is 0 Å². The zero-order valence-corrected chi connectivity index (χ0v) is 17.3. The van der Waals surface area contributed by atoms with E-state index in [9.17, 15) is 0 Å². The molecule has 1 aliphatic heterocycles. The fourth-order valence-electron chi connectivity index (χ4n) is 3.64. The fourth-order valence-corrected chi connectivity index (χ4v) is 3.64. The average molecular weight is 399 g/mol. The monoisotopic (exact) mass is 398 g/mol. The van der Waals surface area contributed by atoms with Crippen LogP contribution < -0.4 is 16.9 Å². The molecule has 1 aliphatic rings. The van der Waals surface area contributed by atoms with Crippen LogP contribution in [0.3, 0.4) is 0 Å². The number of piperidine rings is 1. The number of benzene rings is 1. The Morgan fingerprint density at radius 1 is 1.45 bits per heavy atom. The minimum Gasteiger partial charge on any atom is -0.424 e. The van der Waals surface area contributed by atoms with Crippen LogP contribution in [0.2, 0.25) is 0 Å². The summed E-state index contributed by atoms with van der Waals surface area (Å²) in [5, 5.41) is 9.51. The molecule has 9 heteroatoms. The molecule has 3 rings (SSSR count). The zero-order chi connectivity index (χ0) is 21.0. The van der Waals surface area contributed by atoms with E-state index in [1.807, 2.05) is 25.1 Å². The van der Waals surface area contributed by atoms with Gasteiger partial charge in [-0.3, -0.25) is 5.41 Å². The number of anilines is 1. The number of amidine groups is 1. The molecule has 0 amide bonds. The van der Waals surface area contributed by atoms with Crippen LogP contribution in [0, 0.1) is 5.41 Å². The van der Waals surface area contributed by atoms with Crippen molar-refractivity contribution in [2.24, 2.45) is 10.7 Å². The molecule has 1 aromatic heterocycles. The molecule has 2 aromatic rings. The molecular weight excluding hydrogens is 368 g/mol. The number of rotatable bonds is 7. The van der Waals surface area contributed by atoms with Gasteiger partial charge in [0.15, 0.2) is 5.58 Å². The lowest BCUT2D eigenvalue weighted by Crippen LogP contribution is -2.49. The standard InChI is InChI=1S/C20H30N8O/c1-4-28(15-7-9-27(3)10-8-15)26-18(13(2)19(22)24-12-21)14-5-6-17-16(11-14)25-20(23)29-17/h5-6,11-12,15,26H,4,7-10H2,1-3H3,(H2,23,25)(H3,21,22,24). The maximum absolute atomic E-state index is 7.25. The second-order valence-electron chi connectivity index (χ2n) is 7.31. The van der Waals surface area contributed by atoms with Gasteiger partial charge in [-0.25, -0.2) is 10.0 Å². The Kier molecular flexibility index (Phi) is 6.50. The van der Waals surface area contributed by atoms with Crippen molar-refractivity contribution in [3.8, 4) is 0 Å². The molecule has 29 heavy (non-hydrogen) atoms. The number of nitrogens with zero attached hydrogens (tertiary/aromatic N) is 4. The van der Waals surface area contributed by atoms with Crippen molar-refractivity contribution in [2.45, 2.75) is 32.7 Å². The highest BCUT2D eigenvalue weighted by Gasteiger charge is 2.24. The van der Waals surface area contributed by atoms with Crippen molar-refractivity contribution in [3.05, 3.63) is 29.3 Å². The summed E-state index contributed by atoms with van der Waals surface area (Å²) in [4.78, 5) is 10.5. The van der Waals surface area contributed by atoms with Crippen molar-refractivity contribution in [2.75, 3.05) is 32.4 Å². The third-order valence-corrected chi connectivity index (χ3v) is 5.38. The molecule has 0 radical (unpaired) electrons. The summed E-state index contributed by atoms with van der Waals surface area (Å²) < 4.78 is 5.39. The smallest absolute Gasteiger partial charge is 0.292 e. The number of oxazole rings is 1. The first-order chi connectivity index (χ1) is 13.9. The maximum atomic E-state index is 7.25. The van der Waals surface area contributed by atoms with E-state index in [4.69, 9.17) is 21.3 Å². The van der Waals surface area contributed by atoms with Crippen molar-refractivity contribution in [1.82, 2.24) is 20.3 Å². The topological polar surface area (TPSA) is 133 Å². The maximum Gasteiger partial charge on any atom is 0.292 e. The molecule has 0 bridgehead atoms. The van der Waals surface area contributed by atoms with Gasteiger partial charge in [0, 0.05) is 23.7 Å². The molecule has 156 valence electrons. The summed E-state index contributed by atoms with van der Waals surface area (Å²) in [6.45, 7) is 7.01. The first kappa shape index (κ1) is 20.8. The molecule has 0 spiro atoms. The van der Waals surface area contributed by atoms with E-state index in [-0.39, 0.29) is 6.01 Å². The van der Waals surface area contributed by atoms with Gasteiger partial charge in [-0.05, 0) is 58.1 Å². The van der Waals surface area contributed by atoms with Gasteiger partial charge in [-0.15, -0.1) is 0 Å². The number of hydrazine groups is 1. The molecule has 9 nitrogen and oxygen atoms in total. The molecule has 1 aromatic carbocycles. The number of nitrogen functional groups attached to an aromatic ring is 1. The Bertz CT molecular complexity index is 924. The quantitative estimate of drug-likeness (QED) is 0.318. The van der Waals surface area contributed by atoms with Crippen LogP contribution in [-0.4, -0.2) is 59.8 Å². The van der Waals surface area contributed by atoms with Gasteiger partial charge in [0.25, 0.3) is 6.01 Å². The summed E-state index contributed by atoms with van der Waals surface area (Å²) >= 11 is 0. The largest absolute Gasteiger partial charge is 0.424 e. The van der Waals surface area contributed by atoms with Gasteiger partial charge in [-0.1, -0.05) is 6.92 Å². The Hall–Kier alpha value is -2.91. The number of likely N-dealkylation sites (tertiary alicyclic amines) is 1. The lowest BCUT2D eigenvalue weighted by molar-refractivity contribution is 0.0997. The molecule has 0 atom stereocenters. The molecule has 0 aliphatic carbocycles. The summed E-state index contributed by atoms with van der Waals surface area (Å²) in [7, 11) is 2.16. The van der Waals surface area contributed by atoms with E-state index in [1.165, 1.54) is 0 Å². The van der Waals surface area contributed by atoms with E-state index in [0.717, 1.165) is 55.6 Å². The van der Waals surface area contributed by atoms with E-state index in [2.05, 4.69) is 39.3 Å². The number of fused-ring (bicyclic) bond motifs is 1. The first-order valence-corrected chi connectivity index (χ1v) is 9.84. The Morgan fingerprint density at radius 2 is 2.17 bits per heavy atom. The first-order valence-electron chi connectivity index (χ1n) is 9.84. The van der Waals surface area contributed by atoms with Crippen molar-refractivity contribution >= 4 is 35.0 Å². The second kappa shape index (κ2) is 9.06. The van der Waals surface area contributed by atoms with Gasteiger partial charge in [-0.2, -0.15) is 4.98 Å². The van der Waals surface area contributed by atoms with Crippen molar-refractivity contribution in [1.29, 1.82) is 5.41 Å². The number of aromatic nitrogens is 1. The van der Waals surface area contributed by atoms with Crippen LogP contribution in [0.4, 0.5) is 6.01 Å². The van der Waals surface area contributed by atoms with Gasteiger partial charge < -0.3 is 26.2 Å². The number of nitrogens with one attached hydrogen (secondary N) is 2. The minimum atomic E-state index is 0.138. The lowest BCUT2D eigenvalue weighted by Gasteiger charge is -2.38. The van der Waals surface area contributed by atoms with Crippen LogP contribution in [0.25, 0.3) is 16.8 Å². The number of hydrogen-bond acceptors (Lipinski definition) is 7. The number of nitrogens with two attached hydrogens (primary N) is 2. The van der Waals surface area contributed by atoms with Crippen LogP contribution in [0.1, 0.15) is 32.3 Å². The highest BCUT2D eigenvalue weighted by atomic mass is 16.4. The summed E-state index contributed by atoms with van der Waals surface area (Å²) in [5.41, 5.74) is 19.2. The highest BCUT2D eigenvalue weighted by molar-refractivity contribution is 6.05. The average Bonchev–Trinajstić information content (AvgIpc) is 3.08. The van der Waals surface area contributed by atoms with Gasteiger partial charge >= 0.3 is 0 Å². The van der Waals surface area contributed by atoms with Gasteiger partial charge in [0.2, 0.25) is 0 Å². The molecule has 0 unspecified atom stereocenters. The predicted octanol–water partition coefficient (Wildman–Crippen LogP) is 2.03. The molecule has 1 saturated heterocycles. The van der Waals surface area contributed by atoms with Crippen molar-refractivity contribution < 1.29 is 4.42 Å². The van der Waals surface area contributed by atoms with E-state index in [1.54, 1.807) is 0 Å². The highest BCUT2D eigenvalue weighted by Crippen LogP contribution is 2.25. The molecule has 0 saturated carbocycles. The molecule has 6 N–H and O–H groups in total. The molecule has 1 fully saturated rings. The summed E-state index contributed by atoms with van der Waals surface area (Å²) in [6.07, 6.45) is 3.13. The fraction of sp³-hybridized carbons (Fsp3) is 0.450. The molecule has 2 heterocycles. The van der Waals surface area contributed by atoms with Gasteiger partial charge in [0.1, 0.15) is 17.7 Å². The normalized spacial score (nSPS) is 17.6. The Balaban J connectivity index is 1.99. The van der Waals surface area contributed by atoms with E-state index in [0.29, 0.717) is 23.0 Å². The SMILES string of the molecule is CCN(NC(=C(C)C(N)=NC=N)c1ccc2oc(N)nc2c1)C1CCN(C)CC1. The lowest BCUT2D eigenvalue weighted by atomic mass is 10.0. The Labute approximate surface area is 170 Å². The van der Waals surface area contributed by atoms with Gasteiger partial charge in [0.05, 0.1) is 5.70 Å². The zero-order valence-electron chi connectivity index (χ0n) is 17.3. The third-order valence-electron chi connectivity index (χ3n) is 5.38. The predicted molar refractivity (Wildman–Crippen MR) is 117 cm³/mol. The van der Waals surface area contributed by atoms with Crippen molar-refractivity contribution in [3.63, 3.8) is 0 Å².